The zero-order valence-electron chi connectivity index (χ0n) is 16.8. The molecule has 1 aliphatic heterocycles. The van der Waals surface area contributed by atoms with Gasteiger partial charge in [0.25, 0.3) is 0 Å². The number of ether oxygens (including phenoxy) is 2. The fraction of sp³-hybridized carbons (Fsp3) is 0.600. The molecule has 1 heterocycles. The molecule has 1 aromatic rings. The second kappa shape index (κ2) is 10.6. The molecule has 1 saturated heterocycles. The molecule has 0 radical (unpaired) electrons. The molecule has 7 heteroatoms. The van der Waals surface area contributed by atoms with Crippen LogP contribution in [0.4, 0.5) is 4.79 Å². The lowest BCUT2D eigenvalue weighted by atomic mass is 10.1. The number of hydrogen-bond donors (Lipinski definition) is 2. The summed E-state index contributed by atoms with van der Waals surface area (Å²) >= 11 is 0. The van der Waals surface area contributed by atoms with E-state index in [0.29, 0.717) is 19.6 Å². The van der Waals surface area contributed by atoms with E-state index in [9.17, 15) is 4.79 Å². The summed E-state index contributed by atoms with van der Waals surface area (Å²) in [6.45, 7) is 8.85. The number of aryl methyl sites for hydroxylation is 1. The number of methoxy groups -OCH3 is 1. The van der Waals surface area contributed by atoms with Gasteiger partial charge in [-0.05, 0) is 45.7 Å². The quantitative estimate of drug-likeness (QED) is 0.589. The van der Waals surface area contributed by atoms with Crippen LogP contribution in [0.25, 0.3) is 0 Å². The number of nitrogens with one attached hydrogen (secondary N) is 2. The molecule has 1 amide bonds. The molecule has 7 nitrogen and oxygen atoms in total. The topological polar surface area (TPSA) is 75.2 Å². The van der Waals surface area contributed by atoms with Crippen LogP contribution in [0.2, 0.25) is 0 Å². The Morgan fingerprint density at radius 3 is 2.56 bits per heavy atom. The maximum absolute atomic E-state index is 11.6. The number of carbonyl (C=O) groups excluding carboxylic acids is 1. The Bertz CT molecular complexity index is 610. The van der Waals surface area contributed by atoms with Crippen molar-refractivity contribution in [1.29, 1.82) is 0 Å². The van der Waals surface area contributed by atoms with Gasteiger partial charge in [-0.15, -0.1) is 0 Å². The number of nitrogens with zero attached hydrogens (tertiary/aromatic N) is 2. The molecular formula is C20H32N4O3. The first-order valence-electron chi connectivity index (χ1n) is 9.63. The molecular weight excluding hydrogens is 344 g/mol. The Balaban J connectivity index is 1.83. The fourth-order valence-corrected chi connectivity index (χ4v) is 2.96. The average molecular weight is 377 g/mol. The van der Waals surface area contributed by atoms with Crippen molar-refractivity contribution in [2.24, 2.45) is 4.99 Å². The smallest absolute Gasteiger partial charge is 0.409 e. The van der Waals surface area contributed by atoms with Crippen LogP contribution in [0.5, 0.6) is 5.75 Å². The first-order chi connectivity index (χ1) is 13.0. The highest BCUT2D eigenvalue weighted by Crippen LogP contribution is 2.14. The highest BCUT2D eigenvalue weighted by atomic mass is 16.5. The fourth-order valence-electron chi connectivity index (χ4n) is 2.96. The first kappa shape index (κ1) is 20.9. The van der Waals surface area contributed by atoms with E-state index in [1.165, 1.54) is 12.7 Å². The predicted octanol–water partition coefficient (Wildman–Crippen LogP) is 2.55. The second-order valence-electron chi connectivity index (χ2n) is 6.84. The predicted molar refractivity (Wildman–Crippen MR) is 107 cm³/mol. The summed E-state index contributed by atoms with van der Waals surface area (Å²) in [5, 5.41) is 6.75. The third-order valence-electron chi connectivity index (χ3n) is 4.48. The van der Waals surface area contributed by atoms with Gasteiger partial charge >= 0.3 is 6.09 Å². The van der Waals surface area contributed by atoms with Gasteiger partial charge in [0, 0.05) is 25.7 Å². The number of benzene rings is 1. The van der Waals surface area contributed by atoms with Gasteiger partial charge in [-0.1, -0.05) is 17.7 Å². The number of piperidine rings is 1. The number of carbonyl (C=O) groups is 1. The number of guanidine groups is 1. The van der Waals surface area contributed by atoms with Crippen LogP contribution >= 0.6 is 0 Å². The van der Waals surface area contributed by atoms with E-state index >= 15 is 0 Å². The maximum atomic E-state index is 11.6. The van der Waals surface area contributed by atoms with E-state index < -0.39 is 0 Å². The van der Waals surface area contributed by atoms with Gasteiger partial charge in [-0.2, -0.15) is 0 Å². The first-order valence-corrected chi connectivity index (χ1v) is 9.63. The van der Waals surface area contributed by atoms with Crippen molar-refractivity contribution < 1.29 is 14.3 Å². The van der Waals surface area contributed by atoms with Gasteiger partial charge in [0.2, 0.25) is 0 Å². The molecule has 1 fully saturated rings. The normalized spacial score (nSPS) is 16.6. The Kier molecular flexibility index (Phi) is 8.23. The molecule has 0 aliphatic carbocycles. The number of amides is 1. The summed E-state index contributed by atoms with van der Waals surface area (Å²) in [4.78, 5) is 18.0. The molecule has 0 saturated carbocycles. The van der Waals surface area contributed by atoms with Gasteiger partial charge < -0.3 is 25.0 Å². The highest BCUT2D eigenvalue weighted by Gasteiger charge is 2.23. The lowest BCUT2D eigenvalue weighted by Gasteiger charge is -2.32. The molecule has 1 aromatic carbocycles. The van der Waals surface area contributed by atoms with Gasteiger partial charge in [0.05, 0.1) is 13.7 Å². The molecule has 1 atom stereocenters. The SMILES string of the molecule is CCNC(=NCC(C)Oc1ccc(C)cc1)NC1CCN(C(=O)OC)CC1. The van der Waals surface area contributed by atoms with Crippen LogP contribution < -0.4 is 15.4 Å². The van der Waals surface area contributed by atoms with Crippen molar-refractivity contribution in [3.8, 4) is 5.75 Å². The van der Waals surface area contributed by atoms with E-state index in [-0.39, 0.29) is 18.2 Å². The van der Waals surface area contributed by atoms with Crippen LogP contribution in [-0.4, -0.2) is 62.4 Å². The van der Waals surface area contributed by atoms with E-state index in [4.69, 9.17) is 9.47 Å². The third-order valence-corrected chi connectivity index (χ3v) is 4.48. The number of aliphatic imine (C=N–C) groups is 1. The minimum absolute atomic E-state index is 0.0238. The summed E-state index contributed by atoms with van der Waals surface area (Å²) < 4.78 is 10.7. The molecule has 0 bridgehead atoms. The van der Waals surface area contributed by atoms with Crippen molar-refractivity contribution in [1.82, 2.24) is 15.5 Å². The molecule has 2 N–H and O–H groups in total. The monoisotopic (exact) mass is 376 g/mol. The third kappa shape index (κ3) is 7.00. The van der Waals surface area contributed by atoms with Gasteiger partial charge in [0.15, 0.2) is 5.96 Å². The summed E-state index contributed by atoms with van der Waals surface area (Å²) in [6.07, 6.45) is 1.46. The van der Waals surface area contributed by atoms with Crippen LogP contribution in [0, 0.1) is 6.92 Å². The molecule has 27 heavy (non-hydrogen) atoms. The minimum atomic E-state index is -0.254. The Morgan fingerprint density at radius 2 is 1.96 bits per heavy atom. The summed E-state index contributed by atoms with van der Waals surface area (Å²) in [5.74, 6) is 1.64. The number of likely N-dealkylation sites (tertiary alicyclic amines) is 1. The molecule has 1 aliphatic rings. The van der Waals surface area contributed by atoms with Crippen LogP contribution in [-0.2, 0) is 4.74 Å². The number of hydrogen-bond acceptors (Lipinski definition) is 4. The number of rotatable bonds is 6. The largest absolute Gasteiger partial charge is 0.489 e. The lowest BCUT2D eigenvalue weighted by Crippen LogP contribution is -2.50. The Morgan fingerprint density at radius 1 is 1.30 bits per heavy atom. The summed E-state index contributed by atoms with van der Waals surface area (Å²) in [5.41, 5.74) is 1.21. The lowest BCUT2D eigenvalue weighted by molar-refractivity contribution is 0.111. The minimum Gasteiger partial charge on any atom is -0.489 e. The van der Waals surface area contributed by atoms with E-state index in [1.54, 1.807) is 4.90 Å². The van der Waals surface area contributed by atoms with Crippen molar-refractivity contribution in [2.45, 2.75) is 45.8 Å². The average Bonchev–Trinajstić information content (AvgIpc) is 2.68. The summed E-state index contributed by atoms with van der Waals surface area (Å²) in [7, 11) is 1.42. The van der Waals surface area contributed by atoms with Gasteiger partial charge in [-0.3, -0.25) is 0 Å². The van der Waals surface area contributed by atoms with E-state index in [2.05, 4.69) is 22.5 Å². The molecule has 0 aromatic heterocycles. The second-order valence-corrected chi connectivity index (χ2v) is 6.84. The van der Waals surface area contributed by atoms with Crippen LogP contribution in [0.3, 0.4) is 0 Å². The maximum Gasteiger partial charge on any atom is 0.409 e. The van der Waals surface area contributed by atoms with Gasteiger partial charge in [-0.25, -0.2) is 9.79 Å². The zero-order valence-corrected chi connectivity index (χ0v) is 16.8. The van der Waals surface area contributed by atoms with Crippen molar-refractivity contribution >= 4 is 12.1 Å². The van der Waals surface area contributed by atoms with Crippen molar-refractivity contribution in [3.63, 3.8) is 0 Å². The van der Waals surface area contributed by atoms with Gasteiger partial charge in [0.1, 0.15) is 11.9 Å². The highest BCUT2D eigenvalue weighted by molar-refractivity contribution is 5.80. The molecule has 2 rings (SSSR count). The molecule has 1 unspecified atom stereocenters. The van der Waals surface area contributed by atoms with E-state index in [1.807, 2.05) is 38.1 Å². The molecule has 150 valence electrons. The van der Waals surface area contributed by atoms with Crippen LogP contribution in [0.15, 0.2) is 29.3 Å². The zero-order chi connectivity index (χ0) is 19.6. The van der Waals surface area contributed by atoms with Crippen molar-refractivity contribution in [3.05, 3.63) is 29.8 Å². The van der Waals surface area contributed by atoms with Crippen molar-refractivity contribution in [2.75, 3.05) is 33.3 Å². The summed E-state index contributed by atoms with van der Waals surface area (Å²) in [6, 6.07) is 8.33. The Hall–Kier alpha value is -2.44. The Labute approximate surface area is 162 Å². The standard InChI is InChI=1S/C20H32N4O3/c1-5-21-19(23-17-10-12-24(13-11-17)20(25)26-4)22-14-16(3)27-18-8-6-15(2)7-9-18/h6-9,16-17H,5,10-14H2,1-4H3,(H2,21,22,23). The van der Waals surface area contributed by atoms with E-state index in [0.717, 1.165) is 31.1 Å². The molecule has 0 spiro atoms. The van der Waals surface area contributed by atoms with Crippen LogP contribution in [0.1, 0.15) is 32.3 Å².